The molecule has 0 spiro atoms. The molecule has 0 radical (unpaired) electrons. The van der Waals surface area contributed by atoms with Gasteiger partial charge in [0.15, 0.2) is 0 Å². The lowest BCUT2D eigenvalue weighted by Crippen LogP contribution is -2.54. The molecule has 44 heavy (non-hydrogen) atoms. The number of benzene rings is 4. The van der Waals surface area contributed by atoms with E-state index in [0.29, 0.717) is 21.2 Å². The predicted octanol–water partition coefficient (Wildman–Crippen LogP) is 6.66. The standard InChI is InChI=1S/C34H35Cl2N3O4S/c1-24(2)37-34(41)32(21-26-13-6-4-7-14-26)38(22-27-15-10-11-18-30(27)36)33(40)23-39(31-20-12-19-29(35)25(31)3)44(42,43)28-16-8-5-9-17-28/h4-20,24,32H,21-23H2,1-3H3,(H,37,41)/t32-/m0/s1. The molecule has 7 nitrogen and oxygen atoms in total. The van der Waals surface area contributed by atoms with Crippen LogP contribution in [0.3, 0.4) is 0 Å². The molecule has 230 valence electrons. The lowest BCUT2D eigenvalue weighted by atomic mass is 10.0. The molecule has 0 aromatic heterocycles. The molecule has 0 heterocycles. The summed E-state index contributed by atoms with van der Waals surface area (Å²) in [5, 5.41) is 3.72. The maximum atomic E-state index is 14.5. The largest absolute Gasteiger partial charge is 0.352 e. The van der Waals surface area contributed by atoms with Crippen LogP contribution in [-0.4, -0.2) is 43.8 Å². The minimum Gasteiger partial charge on any atom is -0.352 e. The predicted molar refractivity (Wildman–Crippen MR) is 176 cm³/mol. The van der Waals surface area contributed by atoms with Gasteiger partial charge in [-0.3, -0.25) is 13.9 Å². The third-order valence-corrected chi connectivity index (χ3v) is 9.67. The van der Waals surface area contributed by atoms with E-state index in [4.69, 9.17) is 23.2 Å². The lowest BCUT2D eigenvalue weighted by Gasteiger charge is -2.34. The number of carbonyl (C=O) groups is 2. The Bertz CT molecular complexity index is 1700. The number of carbonyl (C=O) groups excluding carboxylic acids is 2. The SMILES string of the molecule is Cc1c(Cl)cccc1N(CC(=O)N(Cc1ccccc1Cl)[C@@H](Cc1ccccc1)C(=O)NC(C)C)S(=O)(=O)c1ccccc1. The fraction of sp³-hybridized carbons (Fsp3) is 0.235. The van der Waals surface area contributed by atoms with Gasteiger partial charge in [-0.2, -0.15) is 0 Å². The first-order valence-electron chi connectivity index (χ1n) is 14.2. The van der Waals surface area contributed by atoms with E-state index in [0.717, 1.165) is 9.87 Å². The molecule has 0 fully saturated rings. The Hall–Kier alpha value is -3.85. The summed E-state index contributed by atoms with van der Waals surface area (Å²) >= 11 is 13.0. The summed E-state index contributed by atoms with van der Waals surface area (Å²) in [4.78, 5) is 29.7. The number of halogens is 2. The topological polar surface area (TPSA) is 86.8 Å². The highest BCUT2D eigenvalue weighted by atomic mass is 35.5. The molecule has 0 saturated heterocycles. The van der Waals surface area contributed by atoms with Crippen LogP contribution in [0, 0.1) is 6.92 Å². The number of nitrogens with one attached hydrogen (secondary N) is 1. The molecule has 2 amide bonds. The van der Waals surface area contributed by atoms with Crippen molar-refractivity contribution in [1.29, 1.82) is 0 Å². The van der Waals surface area contributed by atoms with Gasteiger partial charge in [-0.25, -0.2) is 8.42 Å². The normalized spacial score (nSPS) is 12.0. The molecular formula is C34H35Cl2N3O4S. The molecular weight excluding hydrogens is 617 g/mol. The van der Waals surface area contributed by atoms with Gasteiger partial charge in [0.1, 0.15) is 12.6 Å². The Morgan fingerprint density at radius 2 is 1.39 bits per heavy atom. The van der Waals surface area contributed by atoms with E-state index in [1.165, 1.54) is 17.0 Å². The molecule has 4 aromatic rings. The van der Waals surface area contributed by atoms with Crippen molar-refractivity contribution in [1.82, 2.24) is 10.2 Å². The number of hydrogen-bond acceptors (Lipinski definition) is 4. The summed E-state index contributed by atoms with van der Waals surface area (Å²) in [5.41, 5.74) is 2.22. The molecule has 0 aliphatic carbocycles. The number of hydrogen-bond donors (Lipinski definition) is 1. The Labute approximate surface area is 269 Å². The first-order chi connectivity index (χ1) is 21.0. The molecule has 4 aromatic carbocycles. The number of nitrogens with zero attached hydrogens (tertiary/aromatic N) is 2. The molecule has 10 heteroatoms. The number of rotatable bonds is 12. The monoisotopic (exact) mass is 651 g/mol. The third-order valence-electron chi connectivity index (χ3n) is 7.12. The van der Waals surface area contributed by atoms with Crippen LogP contribution in [0.1, 0.15) is 30.5 Å². The van der Waals surface area contributed by atoms with Crippen molar-refractivity contribution < 1.29 is 18.0 Å². The second kappa shape index (κ2) is 14.8. The van der Waals surface area contributed by atoms with E-state index < -0.39 is 28.5 Å². The van der Waals surface area contributed by atoms with E-state index in [-0.39, 0.29) is 35.5 Å². The maximum absolute atomic E-state index is 14.5. The van der Waals surface area contributed by atoms with Crippen LogP contribution in [-0.2, 0) is 32.6 Å². The van der Waals surface area contributed by atoms with Crippen molar-refractivity contribution in [3.63, 3.8) is 0 Å². The van der Waals surface area contributed by atoms with Crippen LogP contribution in [0.25, 0.3) is 0 Å². The van der Waals surface area contributed by atoms with Crippen molar-refractivity contribution in [3.05, 3.63) is 130 Å². The van der Waals surface area contributed by atoms with Gasteiger partial charge < -0.3 is 10.2 Å². The zero-order chi connectivity index (χ0) is 31.9. The highest BCUT2D eigenvalue weighted by Crippen LogP contribution is 2.31. The number of anilines is 1. The van der Waals surface area contributed by atoms with Gasteiger partial charge >= 0.3 is 0 Å². The van der Waals surface area contributed by atoms with E-state index in [1.54, 1.807) is 67.6 Å². The van der Waals surface area contributed by atoms with Gasteiger partial charge in [0.05, 0.1) is 10.6 Å². The van der Waals surface area contributed by atoms with Gasteiger partial charge in [-0.15, -0.1) is 0 Å². The lowest BCUT2D eigenvalue weighted by molar-refractivity contribution is -0.140. The van der Waals surface area contributed by atoms with Crippen molar-refractivity contribution in [3.8, 4) is 0 Å². The van der Waals surface area contributed by atoms with Gasteiger partial charge in [-0.05, 0) is 67.8 Å². The van der Waals surface area contributed by atoms with E-state index >= 15 is 0 Å². The summed E-state index contributed by atoms with van der Waals surface area (Å²) in [5.74, 6) is -0.940. The van der Waals surface area contributed by atoms with Gasteiger partial charge in [0.25, 0.3) is 10.0 Å². The van der Waals surface area contributed by atoms with Crippen molar-refractivity contribution >= 4 is 50.7 Å². The summed E-state index contributed by atoms with van der Waals surface area (Å²) in [6, 6.07) is 28.1. The highest BCUT2D eigenvalue weighted by molar-refractivity contribution is 7.92. The molecule has 0 unspecified atom stereocenters. The van der Waals surface area contributed by atoms with Crippen LogP contribution in [0.15, 0.2) is 108 Å². The molecule has 1 atom stereocenters. The minimum atomic E-state index is -4.23. The number of amides is 2. The Morgan fingerprint density at radius 3 is 2.02 bits per heavy atom. The Morgan fingerprint density at radius 1 is 0.795 bits per heavy atom. The average Bonchev–Trinajstić information content (AvgIpc) is 3.00. The average molecular weight is 653 g/mol. The van der Waals surface area contributed by atoms with Crippen LogP contribution in [0.5, 0.6) is 0 Å². The first kappa shape index (κ1) is 33.1. The summed E-state index contributed by atoms with van der Waals surface area (Å²) in [6.07, 6.45) is 0.206. The summed E-state index contributed by atoms with van der Waals surface area (Å²) in [6.45, 7) is 4.78. The van der Waals surface area contributed by atoms with Crippen molar-refractivity contribution in [2.24, 2.45) is 0 Å². The van der Waals surface area contributed by atoms with Crippen LogP contribution >= 0.6 is 23.2 Å². The second-order valence-corrected chi connectivity index (χ2v) is 13.4. The van der Waals surface area contributed by atoms with Gasteiger partial charge in [0.2, 0.25) is 11.8 Å². The van der Waals surface area contributed by atoms with Crippen LogP contribution < -0.4 is 9.62 Å². The molecule has 0 saturated carbocycles. The van der Waals surface area contributed by atoms with Crippen molar-refractivity contribution in [2.75, 3.05) is 10.8 Å². The molecule has 1 N–H and O–H groups in total. The molecule has 4 rings (SSSR count). The number of sulfonamides is 1. The summed E-state index contributed by atoms with van der Waals surface area (Å²) < 4.78 is 29.3. The van der Waals surface area contributed by atoms with Crippen LogP contribution in [0.2, 0.25) is 10.0 Å². The third kappa shape index (κ3) is 8.00. The quantitative estimate of drug-likeness (QED) is 0.186. The zero-order valence-corrected chi connectivity index (χ0v) is 27.1. The second-order valence-electron chi connectivity index (χ2n) is 10.7. The minimum absolute atomic E-state index is 0.0169. The Balaban J connectivity index is 1.84. The Kier molecular flexibility index (Phi) is 11.1. The molecule has 0 bridgehead atoms. The van der Waals surface area contributed by atoms with E-state index in [1.807, 2.05) is 44.2 Å². The summed E-state index contributed by atoms with van der Waals surface area (Å²) in [7, 11) is -4.23. The van der Waals surface area contributed by atoms with Crippen LogP contribution in [0.4, 0.5) is 5.69 Å². The fourth-order valence-electron chi connectivity index (χ4n) is 4.84. The smallest absolute Gasteiger partial charge is 0.264 e. The highest BCUT2D eigenvalue weighted by Gasteiger charge is 2.35. The zero-order valence-electron chi connectivity index (χ0n) is 24.8. The van der Waals surface area contributed by atoms with Crippen molar-refractivity contribution in [2.45, 2.75) is 50.7 Å². The molecule has 0 aliphatic rings. The van der Waals surface area contributed by atoms with Gasteiger partial charge in [-0.1, -0.05) is 96.0 Å². The molecule has 0 aliphatic heterocycles. The fourth-order valence-corrected chi connectivity index (χ4v) is 6.70. The van der Waals surface area contributed by atoms with Gasteiger partial charge in [0, 0.05) is 29.1 Å². The van der Waals surface area contributed by atoms with E-state index in [9.17, 15) is 18.0 Å². The first-order valence-corrected chi connectivity index (χ1v) is 16.4. The maximum Gasteiger partial charge on any atom is 0.264 e. The van der Waals surface area contributed by atoms with E-state index in [2.05, 4.69) is 5.32 Å².